The lowest BCUT2D eigenvalue weighted by Gasteiger charge is -2.21. The van der Waals surface area contributed by atoms with Gasteiger partial charge in [-0.1, -0.05) is 18.2 Å². The molecule has 1 fully saturated rings. The molecule has 0 radical (unpaired) electrons. The van der Waals surface area contributed by atoms with E-state index < -0.39 is 0 Å². The summed E-state index contributed by atoms with van der Waals surface area (Å²) in [6, 6.07) is 11.3. The molecular weight excluding hydrogens is 296 g/mol. The van der Waals surface area contributed by atoms with Gasteiger partial charge in [0.05, 0.1) is 22.5 Å². The molecule has 1 aromatic heterocycles. The van der Waals surface area contributed by atoms with Gasteiger partial charge in [0.1, 0.15) is 0 Å². The number of aryl methyl sites for hydroxylation is 1. The molecule has 0 spiro atoms. The first kappa shape index (κ1) is 13.6. The van der Waals surface area contributed by atoms with Gasteiger partial charge in [-0.15, -0.1) is 11.8 Å². The Morgan fingerprint density at radius 3 is 2.68 bits per heavy atom. The van der Waals surface area contributed by atoms with Gasteiger partial charge in [0.15, 0.2) is 0 Å². The highest BCUT2D eigenvalue weighted by atomic mass is 32.2. The number of aromatic amines is 1. The molecule has 1 saturated heterocycles. The predicted octanol–water partition coefficient (Wildman–Crippen LogP) is 2.96. The van der Waals surface area contributed by atoms with E-state index in [4.69, 9.17) is 0 Å². The molecule has 112 valence electrons. The minimum Gasteiger partial charge on any atom is -0.353 e. The van der Waals surface area contributed by atoms with Crippen LogP contribution in [0, 0.1) is 5.92 Å². The number of thioether (sulfide) groups is 1. The minimum atomic E-state index is -0.325. The molecule has 0 bridgehead atoms. The smallest absolute Gasteiger partial charge is 0.242 e. The highest BCUT2D eigenvalue weighted by Gasteiger charge is 2.51. The number of hydrogen-bond acceptors (Lipinski definition) is 3. The number of nitrogens with one attached hydrogen (secondary N) is 1. The SMILES string of the molecule is CSc1cc2c([nH]1)CC[C@@H]1C(=O)N(c3ccccc3)C(=O)[C@H]21. The van der Waals surface area contributed by atoms with Crippen molar-refractivity contribution >= 4 is 29.3 Å². The first-order valence-corrected chi connectivity index (χ1v) is 8.62. The van der Waals surface area contributed by atoms with Crippen molar-refractivity contribution in [1.29, 1.82) is 0 Å². The molecule has 2 aromatic rings. The van der Waals surface area contributed by atoms with Gasteiger partial charge < -0.3 is 4.98 Å². The zero-order valence-electron chi connectivity index (χ0n) is 12.2. The Kier molecular flexibility index (Phi) is 3.11. The van der Waals surface area contributed by atoms with E-state index in [2.05, 4.69) is 4.98 Å². The lowest BCUT2D eigenvalue weighted by molar-refractivity contribution is -0.122. The summed E-state index contributed by atoms with van der Waals surface area (Å²) in [6.07, 6.45) is 3.57. The van der Waals surface area contributed by atoms with Crippen molar-refractivity contribution in [2.24, 2.45) is 5.92 Å². The number of nitrogens with zero attached hydrogens (tertiary/aromatic N) is 1. The van der Waals surface area contributed by atoms with Crippen molar-refractivity contribution in [3.8, 4) is 0 Å². The summed E-state index contributed by atoms with van der Waals surface area (Å²) < 4.78 is 0. The molecule has 5 heteroatoms. The van der Waals surface area contributed by atoms with Crippen LogP contribution in [0.1, 0.15) is 23.6 Å². The number of imide groups is 1. The third kappa shape index (κ3) is 1.85. The number of fused-ring (bicyclic) bond motifs is 3. The lowest BCUT2D eigenvalue weighted by atomic mass is 9.79. The van der Waals surface area contributed by atoms with Gasteiger partial charge in [-0.3, -0.25) is 9.59 Å². The van der Waals surface area contributed by atoms with E-state index in [1.165, 1.54) is 4.90 Å². The fourth-order valence-corrected chi connectivity index (χ4v) is 4.05. The van der Waals surface area contributed by atoms with Crippen LogP contribution in [0.4, 0.5) is 5.69 Å². The Bertz CT molecular complexity index is 753. The number of rotatable bonds is 2. The maximum absolute atomic E-state index is 12.9. The summed E-state index contributed by atoms with van der Waals surface area (Å²) in [5, 5.41) is 1.06. The van der Waals surface area contributed by atoms with E-state index >= 15 is 0 Å². The van der Waals surface area contributed by atoms with Gasteiger partial charge in [0.2, 0.25) is 11.8 Å². The summed E-state index contributed by atoms with van der Waals surface area (Å²) in [5.41, 5.74) is 2.80. The van der Waals surface area contributed by atoms with Gasteiger partial charge in [0.25, 0.3) is 0 Å². The second-order valence-corrected chi connectivity index (χ2v) is 6.59. The molecule has 4 nitrogen and oxygen atoms in total. The summed E-state index contributed by atoms with van der Waals surface area (Å²) in [4.78, 5) is 30.4. The average molecular weight is 312 g/mol. The van der Waals surface area contributed by atoms with Crippen LogP contribution in [0.2, 0.25) is 0 Å². The molecule has 2 aliphatic rings. The van der Waals surface area contributed by atoms with Gasteiger partial charge in [-0.2, -0.15) is 0 Å². The van der Waals surface area contributed by atoms with Crippen molar-refractivity contribution in [2.45, 2.75) is 23.8 Å². The Hall–Kier alpha value is -2.01. The highest BCUT2D eigenvalue weighted by molar-refractivity contribution is 7.98. The van der Waals surface area contributed by atoms with Gasteiger partial charge in [-0.05, 0) is 42.9 Å². The number of benzene rings is 1. The molecule has 22 heavy (non-hydrogen) atoms. The predicted molar refractivity (Wildman–Crippen MR) is 86.1 cm³/mol. The third-order valence-electron chi connectivity index (χ3n) is 4.61. The summed E-state index contributed by atoms with van der Waals surface area (Å²) in [5.74, 6) is -0.688. The maximum atomic E-state index is 12.9. The van der Waals surface area contributed by atoms with E-state index in [-0.39, 0.29) is 23.7 Å². The average Bonchev–Trinajstić information content (AvgIpc) is 3.07. The Morgan fingerprint density at radius 2 is 1.95 bits per heavy atom. The third-order valence-corrected chi connectivity index (χ3v) is 5.27. The Balaban J connectivity index is 1.78. The first-order valence-electron chi connectivity index (χ1n) is 7.39. The fourth-order valence-electron chi connectivity index (χ4n) is 3.58. The van der Waals surface area contributed by atoms with Crippen LogP contribution in [-0.4, -0.2) is 23.1 Å². The standard InChI is InChI=1S/C17H16N2O2S/c1-22-14-9-12-13(18-14)8-7-11-15(12)17(21)19(16(11)20)10-5-3-2-4-6-10/h2-6,9,11,15,18H,7-8H2,1H3/t11-,15-/m0/s1. The second-order valence-electron chi connectivity index (χ2n) is 5.74. The summed E-state index contributed by atoms with van der Waals surface area (Å²) in [7, 11) is 0. The molecule has 1 aromatic carbocycles. The number of hydrogen-bond donors (Lipinski definition) is 1. The molecule has 2 amide bonds. The second kappa shape index (κ2) is 5.02. The van der Waals surface area contributed by atoms with Crippen LogP contribution in [0.25, 0.3) is 0 Å². The number of aromatic nitrogens is 1. The normalized spacial score (nSPS) is 23.6. The number of H-pyrrole nitrogens is 1. The summed E-state index contributed by atoms with van der Waals surface area (Å²) >= 11 is 1.63. The number of anilines is 1. The van der Waals surface area contributed by atoms with E-state index in [0.29, 0.717) is 5.69 Å². The fraction of sp³-hybridized carbons (Fsp3) is 0.294. The van der Waals surface area contributed by atoms with Crippen LogP contribution >= 0.6 is 11.8 Å². The van der Waals surface area contributed by atoms with E-state index in [1.807, 2.05) is 42.7 Å². The molecule has 1 aliphatic carbocycles. The molecule has 0 saturated carbocycles. The van der Waals surface area contributed by atoms with E-state index in [1.54, 1.807) is 11.8 Å². The number of carbonyl (C=O) groups is 2. The van der Waals surface area contributed by atoms with Gasteiger partial charge in [-0.25, -0.2) is 4.90 Å². The Labute approximate surface area is 132 Å². The molecule has 1 N–H and O–H groups in total. The highest BCUT2D eigenvalue weighted by Crippen LogP contribution is 2.45. The molecular formula is C17H16N2O2S. The van der Waals surface area contributed by atoms with Crippen molar-refractivity contribution < 1.29 is 9.59 Å². The van der Waals surface area contributed by atoms with Gasteiger partial charge in [0, 0.05) is 5.69 Å². The zero-order chi connectivity index (χ0) is 15.3. The van der Waals surface area contributed by atoms with Crippen LogP contribution in [0.15, 0.2) is 41.4 Å². The molecule has 4 rings (SSSR count). The number of amides is 2. The zero-order valence-corrected chi connectivity index (χ0v) is 13.0. The maximum Gasteiger partial charge on any atom is 0.242 e. The van der Waals surface area contributed by atoms with Crippen molar-refractivity contribution in [1.82, 2.24) is 4.98 Å². The lowest BCUT2D eigenvalue weighted by Crippen LogP contribution is -2.30. The molecule has 2 heterocycles. The van der Waals surface area contributed by atoms with Crippen molar-refractivity contribution in [3.05, 3.63) is 47.7 Å². The molecule has 0 unspecified atom stereocenters. The quantitative estimate of drug-likeness (QED) is 0.685. The first-order chi connectivity index (χ1) is 10.7. The van der Waals surface area contributed by atoms with Crippen LogP contribution < -0.4 is 4.90 Å². The molecule has 1 aliphatic heterocycles. The monoisotopic (exact) mass is 312 g/mol. The molecule has 2 atom stereocenters. The Morgan fingerprint density at radius 1 is 1.18 bits per heavy atom. The topological polar surface area (TPSA) is 53.2 Å². The van der Waals surface area contributed by atoms with E-state index in [9.17, 15) is 9.59 Å². The largest absolute Gasteiger partial charge is 0.353 e. The van der Waals surface area contributed by atoms with Crippen molar-refractivity contribution in [3.63, 3.8) is 0 Å². The van der Waals surface area contributed by atoms with Crippen LogP contribution in [0.3, 0.4) is 0 Å². The summed E-state index contributed by atoms with van der Waals surface area (Å²) in [6.45, 7) is 0. The van der Waals surface area contributed by atoms with Crippen molar-refractivity contribution in [2.75, 3.05) is 11.2 Å². The van der Waals surface area contributed by atoms with Gasteiger partial charge >= 0.3 is 0 Å². The minimum absolute atomic E-state index is 0.0567. The number of carbonyl (C=O) groups excluding carboxylic acids is 2. The van der Waals surface area contributed by atoms with Crippen LogP contribution in [-0.2, 0) is 16.0 Å². The van der Waals surface area contributed by atoms with Crippen LogP contribution in [0.5, 0.6) is 0 Å². The number of para-hydroxylation sites is 1. The van der Waals surface area contributed by atoms with E-state index in [0.717, 1.165) is 29.1 Å².